The maximum atomic E-state index is 12.9. The minimum Gasteiger partial charge on any atom is -0.465 e. The van der Waals surface area contributed by atoms with Gasteiger partial charge in [-0.25, -0.2) is 14.2 Å². The molecule has 0 atom stereocenters. The summed E-state index contributed by atoms with van der Waals surface area (Å²) in [6.45, 7) is 0. The molecule has 0 fully saturated rings. The van der Waals surface area contributed by atoms with Gasteiger partial charge in [-0.15, -0.1) is 10.2 Å². The number of hydrogen-bond acceptors (Lipinski definition) is 5. The lowest BCUT2D eigenvalue weighted by Gasteiger charge is -2.03. The van der Waals surface area contributed by atoms with Crippen molar-refractivity contribution in [3.05, 3.63) is 53.8 Å². The molecular formula is C15H10FN3O2. The fourth-order valence-electron chi connectivity index (χ4n) is 1.90. The average Bonchev–Trinajstić information content (AvgIpc) is 2.53. The number of methoxy groups -OCH3 is 1. The van der Waals surface area contributed by atoms with E-state index >= 15 is 0 Å². The van der Waals surface area contributed by atoms with E-state index < -0.39 is 5.97 Å². The van der Waals surface area contributed by atoms with Crippen molar-refractivity contribution in [1.29, 1.82) is 0 Å². The van der Waals surface area contributed by atoms with Crippen LogP contribution < -0.4 is 0 Å². The van der Waals surface area contributed by atoms with Crippen LogP contribution in [0.25, 0.3) is 22.4 Å². The summed E-state index contributed by atoms with van der Waals surface area (Å²) in [6.07, 6.45) is 0. The number of rotatable bonds is 2. The van der Waals surface area contributed by atoms with Crippen LogP contribution >= 0.6 is 0 Å². The Kier molecular flexibility index (Phi) is 3.27. The minimum absolute atomic E-state index is 0.333. The van der Waals surface area contributed by atoms with E-state index in [1.807, 2.05) is 0 Å². The molecule has 0 spiro atoms. The van der Waals surface area contributed by atoms with Crippen LogP contribution in [0.5, 0.6) is 0 Å². The Labute approximate surface area is 119 Å². The lowest BCUT2D eigenvalue weighted by molar-refractivity contribution is 0.0601. The van der Waals surface area contributed by atoms with Crippen molar-refractivity contribution in [2.75, 3.05) is 7.11 Å². The molecule has 1 heterocycles. The molecule has 0 aliphatic carbocycles. The van der Waals surface area contributed by atoms with Gasteiger partial charge in [0.25, 0.3) is 0 Å². The van der Waals surface area contributed by atoms with E-state index in [-0.39, 0.29) is 5.82 Å². The second kappa shape index (κ2) is 5.24. The van der Waals surface area contributed by atoms with Crippen LogP contribution in [0.15, 0.2) is 42.5 Å². The van der Waals surface area contributed by atoms with Crippen molar-refractivity contribution >= 4 is 17.0 Å². The van der Waals surface area contributed by atoms with Gasteiger partial charge in [-0.3, -0.25) is 0 Å². The Morgan fingerprint density at radius 1 is 1.05 bits per heavy atom. The molecule has 6 heteroatoms. The van der Waals surface area contributed by atoms with E-state index in [1.165, 1.54) is 19.2 Å². The summed E-state index contributed by atoms with van der Waals surface area (Å²) >= 11 is 0. The van der Waals surface area contributed by atoms with Crippen LogP contribution in [0.4, 0.5) is 4.39 Å². The molecule has 3 aromatic rings. The second-order valence-corrected chi connectivity index (χ2v) is 4.34. The number of esters is 1. The molecule has 5 nitrogen and oxygen atoms in total. The Balaban J connectivity index is 2.09. The third kappa shape index (κ3) is 2.55. The number of fused-ring (bicyclic) bond motifs is 1. The summed E-state index contributed by atoms with van der Waals surface area (Å²) in [5.41, 5.74) is 2.12. The molecule has 21 heavy (non-hydrogen) atoms. The number of benzene rings is 2. The Bertz CT molecular complexity index is 819. The first kappa shape index (κ1) is 13.1. The van der Waals surface area contributed by atoms with E-state index in [0.717, 1.165) is 0 Å². The number of aromatic nitrogens is 3. The molecule has 104 valence electrons. The Morgan fingerprint density at radius 2 is 1.81 bits per heavy atom. The molecular weight excluding hydrogens is 273 g/mol. The van der Waals surface area contributed by atoms with Gasteiger partial charge in [-0.05, 0) is 42.5 Å². The van der Waals surface area contributed by atoms with E-state index in [0.29, 0.717) is 28.0 Å². The number of nitrogens with zero attached hydrogens (tertiary/aromatic N) is 3. The van der Waals surface area contributed by atoms with Gasteiger partial charge in [0.15, 0.2) is 5.82 Å². The maximum absolute atomic E-state index is 12.9. The average molecular weight is 283 g/mol. The zero-order valence-electron chi connectivity index (χ0n) is 11.1. The molecule has 3 rings (SSSR count). The van der Waals surface area contributed by atoms with Gasteiger partial charge in [0.1, 0.15) is 11.3 Å². The SMILES string of the molecule is COC(=O)c1ccc2nnc(-c3ccc(F)cc3)nc2c1. The molecule has 1 aromatic heterocycles. The largest absolute Gasteiger partial charge is 0.465 e. The smallest absolute Gasteiger partial charge is 0.337 e. The number of ether oxygens (including phenoxy) is 1. The van der Waals surface area contributed by atoms with Crippen molar-refractivity contribution in [3.8, 4) is 11.4 Å². The first-order valence-electron chi connectivity index (χ1n) is 6.16. The van der Waals surface area contributed by atoms with Crippen LogP contribution in [0.3, 0.4) is 0 Å². The van der Waals surface area contributed by atoms with Gasteiger partial charge in [0.2, 0.25) is 0 Å². The molecule has 0 aliphatic heterocycles. The van der Waals surface area contributed by atoms with E-state index in [4.69, 9.17) is 0 Å². The summed E-state index contributed by atoms with van der Waals surface area (Å²) in [5.74, 6) is -0.413. The van der Waals surface area contributed by atoms with Crippen LogP contribution in [-0.4, -0.2) is 28.3 Å². The fourth-order valence-corrected chi connectivity index (χ4v) is 1.90. The molecule has 0 N–H and O–H groups in total. The number of halogens is 1. The zero-order valence-corrected chi connectivity index (χ0v) is 11.1. The third-order valence-corrected chi connectivity index (χ3v) is 2.98. The predicted octanol–water partition coefficient (Wildman–Crippen LogP) is 2.62. The second-order valence-electron chi connectivity index (χ2n) is 4.34. The highest BCUT2D eigenvalue weighted by Gasteiger charge is 2.09. The molecule has 0 amide bonds. The molecule has 0 bridgehead atoms. The lowest BCUT2D eigenvalue weighted by atomic mass is 10.2. The van der Waals surface area contributed by atoms with Gasteiger partial charge in [-0.2, -0.15) is 0 Å². The molecule has 2 aromatic carbocycles. The van der Waals surface area contributed by atoms with Gasteiger partial charge in [0.05, 0.1) is 18.2 Å². The van der Waals surface area contributed by atoms with Crippen LogP contribution in [0, 0.1) is 5.82 Å². The van der Waals surface area contributed by atoms with Crippen molar-refractivity contribution < 1.29 is 13.9 Å². The van der Waals surface area contributed by atoms with Crippen LogP contribution in [0.1, 0.15) is 10.4 Å². The van der Waals surface area contributed by atoms with Gasteiger partial charge in [-0.1, -0.05) is 0 Å². The van der Waals surface area contributed by atoms with Crippen molar-refractivity contribution in [2.24, 2.45) is 0 Å². The lowest BCUT2D eigenvalue weighted by Crippen LogP contribution is -2.02. The quantitative estimate of drug-likeness (QED) is 0.676. The van der Waals surface area contributed by atoms with E-state index in [2.05, 4.69) is 19.9 Å². The van der Waals surface area contributed by atoms with E-state index in [1.54, 1.807) is 30.3 Å². The summed E-state index contributed by atoms with van der Waals surface area (Å²) < 4.78 is 17.6. The van der Waals surface area contributed by atoms with Crippen molar-refractivity contribution in [2.45, 2.75) is 0 Å². The Hall–Kier alpha value is -2.89. The zero-order chi connectivity index (χ0) is 14.8. The van der Waals surface area contributed by atoms with E-state index in [9.17, 15) is 9.18 Å². The summed E-state index contributed by atoms with van der Waals surface area (Å²) in [7, 11) is 1.31. The van der Waals surface area contributed by atoms with Gasteiger partial charge < -0.3 is 4.74 Å². The Morgan fingerprint density at radius 3 is 2.52 bits per heavy atom. The topological polar surface area (TPSA) is 65.0 Å². The van der Waals surface area contributed by atoms with Crippen LogP contribution in [-0.2, 0) is 4.74 Å². The predicted molar refractivity (Wildman–Crippen MR) is 74.1 cm³/mol. The molecule has 0 saturated carbocycles. The monoisotopic (exact) mass is 283 g/mol. The standard InChI is InChI=1S/C15H10FN3O2/c1-21-15(20)10-4-7-12-13(8-10)17-14(19-18-12)9-2-5-11(16)6-3-9/h2-8H,1H3. The van der Waals surface area contributed by atoms with Crippen molar-refractivity contribution in [3.63, 3.8) is 0 Å². The summed E-state index contributed by atoms with van der Waals surface area (Å²) in [5, 5.41) is 8.05. The fraction of sp³-hybridized carbons (Fsp3) is 0.0667. The van der Waals surface area contributed by atoms with Gasteiger partial charge in [0, 0.05) is 5.56 Å². The number of carbonyl (C=O) groups is 1. The first-order chi connectivity index (χ1) is 10.2. The highest BCUT2D eigenvalue weighted by atomic mass is 19.1. The van der Waals surface area contributed by atoms with Crippen LogP contribution in [0.2, 0.25) is 0 Å². The minimum atomic E-state index is -0.446. The summed E-state index contributed by atoms with van der Waals surface area (Å²) in [4.78, 5) is 15.9. The molecule has 0 radical (unpaired) electrons. The number of hydrogen-bond donors (Lipinski definition) is 0. The maximum Gasteiger partial charge on any atom is 0.337 e. The highest BCUT2D eigenvalue weighted by molar-refractivity contribution is 5.93. The third-order valence-electron chi connectivity index (χ3n) is 2.98. The van der Waals surface area contributed by atoms with Crippen molar-refractivity contribution in [1.82, 2.24) is 15.2 Å². The summed E-state index contributed by atoms with van der Waals surface area (Å²) in [6, 6.07) is 10.6. The molecule has 0 aliphatic rings. The number of carbonyl (C=O) groups excluding carboxylic acids is 1. The molecule has 0 unspecified atom stereocenters. The van der Waals surface area contributed by atoms with Gasteiger partial charge >= 0.3 is 5.97 Å². The molecule has 0 saturated heterocycles. The normalized spacial score (nSPS) is 10.6. The first-order valence-corrected chi connectivity index (χ1v) is 6.16. The highest BCUT2D eigenvalue weighted by Crippen LogP contribution is 2.18.